The minimum Gasteiger partial charge on any atom is -0.313 e. The summed E-state index contributed by atoms with van der Waals surface area (Å²) in [5.41, 5.74) is 0.572. The van der Waals surface area contributed by atoms with Crippen LogP contribution >= 0.6 is 11.3 Å². The van der Waals surface area contributed by atoms with Crippen LogP contribution in [0.15, 0.2) is 17.5 Å². The van der Waals surface area contributed by atoms with Crippen molar-refractivity contribution in [1.82, 2.24) is 10.2 Å². The molecule has 3 fully saturated rings. The predicted molar refractivity (Wildman–Crippen MR) is 89.7 cm³/mol. The summed E-state index contributed by atoms with van der Waals surface area (Å²) < 4.78 is 0. The second kappa shape index (κ2) is 6.02. The molecule has 3 heteroatoms. The molecule has 0 saturated heterocycles. The van der Waals surface area contributed by atoms with Gasteiger partial charge in [0.25, 0.3) is 0 Å². The van der Waals surface area contributed by atoms with Gasteiger partial charge in [-0.1, -0.05) is 18.9 Å². The van der Waals surface area contributed by atoms with Crippen molar-refractivity contribution in [3.05, 3.63) is 22.4 Å². The zero-order chi connectivity index (χ0) is 14.1. The minimum absolute atomic E-state index is 0.572. The Kier molecular flexibility index (Phi) is 4.08. The van der Waals surface area contributed by atoms with Crippen molar-refractivity contribution in [2.24, 2.45) is 5.41 Å². The molecule has 4 rings (SSSR count). The molecule has 0 spiro atoms. The van der Waals surface area contributed by atoms with E-state index < -0.39 is 0 Å². The zero-order valence-electron chi connectivity index (χ0n) is 13.0. The molecular formula is C18H28N2S. The van der Waals surface area contributed by atoms with E-state index in [0.29, 0.717) is 5.41 Å². The van der Waals surface area contributed by atoms with Crippen LogP contribution < -0.4 is 5.32 Å². The highest BCUT2D eigenvalue weighted by molar-refractivity contribution is 7.09. The average Bonchev–Trinajstić information content (AvgIpc) is 3.41. The van der Waals surface area contributed by atoms with E-state index in [2.05, 4.69) is 27.7 Å². The van der Waals surface area contributed by atoms with E-state index in [0.717, 1.165) is 12.1 Å². The largest absolute Gasteiger partial charge is 0.313 e. The van der Waals surface area contributed by atoms with Gasteiger partial charge >= 0.3 is 0 Å². The molecule has 116 valence electrons. The summed E-state index contributed by atoms with van der Waals surface area (Å²) in [7, 11) is 0. The molecule has 0 atom stereocenters. The number of rotatable bonds is 8. The van der Waals surface area contributed by atoms with Gasteiger partial charge in [0.2, 0.25) is 0 Å². The molecule has 0 aliphatic heterocycles. The van der Waals surface area contributed by atoms with Gasteiger partial charge in [-0.2, -0.15) is 0 Å². The van der Waals surface area contributed by atoms with Crippen molar-refractivity contribution in [3.63, 3.8) is 0 Å². The molecule has 0 unspecified atom stereocenters. The Labute approximate surface area is 132 Å². The number of thiophene rings is 1. The molecule has 21 heavy (non-hydrogen) atoms. The molecule has 3 aliphatic rings. The summed E-state index contributed by atoms with van der Waals surface area (Å²) in [5.74, 6) is 0. The van der Waals surface area contributed by atoms with E-state index in [1.165, 1.54) is 71.0 Å². The second-order valence-electron chi connectivity index (χ2n) is 7.58. The van der Waals surface area contributed by atoms with Crippen LogP contribution in [0, 0.1) is 5.41 Å². The van der Waals surface area contributed by atoms with Crippen LogP contribution in [-0.4, -0.2) is 30.1 Å². The molecule has 3 aliphatic carbocycles. The van der Waals surface area contributed by atoms with Crippen molar-refractivity contribution < 1.29 is 0 Å². The van der Waals surface area contributed by atoms with Crippen molar-refractivity contribution in [2.75, 3.05) is 13.1 Å². The third-order valence-corrected chi connectivity index (χ3v) is 6.41. The molecule has 0 bridgehead atoms. The average molecular weight is 305 g/mol. The molecule has 1 heterocycles. The van der Waals surface area contributed by atoms with Crippen LogP contribution in [-0.2, 0) is 6.54 Å². The summed E-state index contributed by atoms with van der Waals surface area (Å²) in [6, 6.07) is 6.24. The molecule has 0 amide bonds. The Morgan fingerprint density at radius 2 is 2.00 bits per heavy atom. The van der Waals surface area contributed by atoms with Crippen LogP contribution in [0.3, 0.4) is 0 Å². The number of nitrogens with zero attached hydrogens (tertiary/aromatic N) is 1. The Morgan fingerprint density at radius 1 is 1.19 bits per heavy atom. The summed E-state index contributed by atoms with van der Waals surface area (Å²) >= 11 is 1.92. The van der Waals surface area contributed by atoms with Crippen LogP contribution in [0.5, 0.6) is 0 Å². The van der Waals surface area contributed by atoms with E-state index in [4.69, 9.17) is 0 Å². The summed E-state index contributed by atoms with van der Waals surface area (Å²) in [6.45, 7) is 3.79. The van der Waals surface area contributed by atoms with Crippen LogP contribution in [0.1, 0.15) is 56.2 Å². The highest BCUT2D eigenvalue weighted by Gasteiger charge is 2.40. The molecule has 0 aromatic carbocycles. The lowest BCUT2D eigenvalue weighted by Crippen LogP contribution is -2.43. The summed E-state index contributed by atoms with van der Waals surface area (Å²) in [5, 5.41) is 6.06. The Balaban J connectivity index is 1.41. The van der Waals surface area contributed by atoms with Crippen molar-refractivity contribution in [2.45, 2.75) is 70.0 Å². The fourth-order valence-electron chi connectivity index (χ4n) is 3.95. The first-order valence-electron chi connectivity index (χ1n) is 8.83. The molecule has 0 radical (unpaired) electrons. The van der Waals surface area contributed by atoms with E-state index >= 15 is 0 Å². The maximum Gasteiger partial charge on any atom is 0.0331 e. The highest BCUT2D eigenvalue weighted by Crippen LogP contribution is 2.42. The first-order chi connectivity index (χ1) is 10.3. The second-order valence-corrected chi connectivity index (χ2v) is 8.61. The van der Waals surface area contributed by atoms with E-state index in [-0.39, 0.29) is 0 Å². The normalized spacial score (nSPS) is 24.8. The number of hydrogen-bond acceptors (Lipinski definition) is 3. The van der Waals surface area contributed by atoms with E-state index in [1.54, 1.807) is 4.88 Å². The van der Waals surface area contributed by atoms with Gasteiger partial charge in [-0.3, -0.25) is 4.90 Å². The first-order valence-corrected chi connectivity index (χ1v) is 9.71. The van der Waals surface area contributed by atoms with Crippen LogP contribution in [0.4, 0.5) is 0 Å². The maximum atomic E-state index is 3.84. The van der Waals surface area contributed by atoms with Gasteiger partial charge in [-0.05, 0) is 55.4 Å². The lowest BCUT2D eigenvalue weighted by Gasteiger charge is -2.36. The van der Waals surface area contributed by atoms with Gasteiger partial charge in [-0.15, -0.1) is 11.3 Å². The number of nitrogens with one attached hydrogen (secondary N) is 1. The monoisotopic (exact) mass is 304 g/mol. The molecular weight excluding hydrogens is 276 g/mol. The summed E-state index contributed by atoms with van der Waals surface area (Å²) in [6.07, 6.45) is 11.5. The van der Waals surface area contributed by atoms with Gasteiger partial charge < -0.3 is 5.32 Å². The fourth-order valence-corrected chi connectivity index (χ4v) is 4.68. The lowest BCUT2D eigenvalue weighted by molar-refractivity contribution is 0.136. The minimum atomic E-state index is 0.572. The third kappa shape index (κ3) is 3.69. The Bertz CT molecular complexity index is 442. The smallest absolute Gasteiger partial charge is 0.0331 e. The summed E-state index contributed by atoms with van der Waals surface area (Å²) in [4.78, 5) is 4.36. The van der Waals surface area contributed by atoms with Gasteiger partial charge in [0.05, 0.1) is 0 Å². The van der Waals surface area contributed by atoms with Gasteiger partial charge in [0, 0.05) is 36.6 Å². The van der Waals surface area contributed by atoms with Crippen molar-refractivity contribution >= 4 is 11.3 Å². The van der Waals surface area contributed by atoms with Crippen LogP contribution in [0.2, 0.25) is 0 Å². The third-order valence-electron chi connectivity index (χ3n) is 5.55. The van der Waals surface area contributed by atoms with Gasteiger partial charge in [-0.25, -0.2) is 0 Å². The standard InChI is InChI=1S/C18H28N2S/c1-2-10-18(9-1,13-19-15-5-6-15)14-20(16-7-8-16)12-17-4-3-11-21-17/h3-4,11,15-16,19H,1-2,5-10,12-14H2. The zero-order valence-corrected chi connectivity index (χ0v) is 13.8. The molecule has 3 saturated carbocycles. The molecule has 1 aromatic heterocycles. The maximum absolute atomic E-state index is 3.84. The van der Waals surface area contributed by atoms with Crippen LogP contribution in [0.25, 0.3) is 0 Å². The fraction of sp³-hybridized carbons (Fsp3) is 0.778. The van der Waals surface area contributed by atoms with Crippen molar-refractivity contribution in [1.29, 1.82) is 0 Å². The quantitative estimate of drug-likeness (QED) is 0.780. The SMILES string of the molecule is c1csc(CN(CC2(CNC3CC3)CCCC2)C2CC2)c1. The molecule has 1 aromatic rings. The van der Waals surface area contributed by atoms with E-state index in [1.807, 2.05) is 11.3 Å². The molecule has 1 N–H and O–H groups in total. The number of hydrogen-bond donors (Lipinski definition) is 1. The topological polar surface area (TPSA) is 15.3 Å². The first kappa shape index (κ1) is 14.2. The van der Waals surface area contributed by atoms with Crippen molar-refractivity contribution in [3.8, 4) is 0 Å². The lowest BCUT2D eigenvalue weighted by atomic mass is 9.85. The Hall–Kier alpha value is -0.380. The van der Waals surface area contributed by atoms with Gasteiger partial charge in [0.15, 0.2) is 0 Å². The molecule has 2 nitrogen and oxygen atoms in total. The van der Waals surface area contributed by atoms with Gasteiger partial charge in [0.1, 0.15) is 0 Å². The predicted octanol–water partition coefficient (Wildman–Crippen LogP) is 4.02. The Morgan fingerprint density at radius 3 is 2.62 bits per heavy atom. The highest BCUT2D eigenvalue weighted by atomic mass is 32.1. The van der Waals surface area contributed by atoms with E-state index in [9.17, 15) is 0 Å².